The maximum atomic E-state index is 14.9. The van der Waals surface area contributed by atoms with Gasteiger partial charge in [0.2, 0.25) is 29.5 Å². The third kappa shape index (κ3) is 25.8. The number of ketones is 3. The molecule has 0 saturated carbocycles. The number of nitrogens with two attached hydrogens (primary N) is 1. The SMILES string of the molecule is CCCCCNC(=O)CCCC(=O)N[C@H](C(=O)C[C@@H](CCCNC(N)=O)C(=O)Nc1ccc(COC(=O)N(C)[C@H](C(=O)C[C@H](C(=O)N(C)[C@@H](C(C)CC)[C@@H](CC(=O)N2CCC[C@H]2[C@H](OC)[C@@H](C)C(=O)C[C@H](C)[C@@H](O)c2ccccc2)OC)C(C)C)C(C)C)cc1)C(C)C. The molecule has 93 heavy (non-hydrogen) atoms. The van der Waals surface area contributed by atoms with Crippen molar-refractivity contribution in [2.75, 3.05) is 53.3 Å². The first-order chi connectivity index (χ1) is 44.0. The monoisotopic (exact) mass is 1300 g/mol. The molecule has 1 heterocycles. The Morgan fingerprint density at radius 2 is 1.33 bits per heavy atom. The Kier molecular flexibility index (Phi) is 35.6. The Balaban J connectivity index is 1.69. The third-order valence-corrected chi connectivity index (χ3v) is 18.4. The van der Waals surface area contributed by atoms with Gasteiger partial charge in [-0.25, -0.2) is 9.59 Å². The van der Waals surface area contributed by atoms with E-state index in [-0.39, 0.29) is 135 Å². The summed E-state index contributed by atoms with van der Waals surface area (Å²) in [7, 11) is 6.25. The van der Waals surface area contributed by atoms with E-state index in [0.717, 1.165) is 24.8 Å². The molecule has 0 bridgehead atoms. The molecule has 1 saturated heterocycles. The van der Waals surface area contributed by atoms with Crippen molar-refractivity contribution in [1.29, 1.82) is 0 Å². The molecule has 1 fully saturated rings. The van der Waals surface area contributed by atoms with E-state index in [1.807, 2.05) is 85.7 Å². The molecule has 8 amide bonds. The highest BCUT2D eigenvalue weighted by molar-refractivity contribution is 5.97. The lowest BCUT2D eigenvalue weighted by Gasteiger charge is -2.41. The van der Waals surface area contributed by atoms with Gasteiger partial charge < -0.3 is 61.0 Å². The Morgan fingerprint density at radius 3 is 1.91 bits per heavy atom. The number of amides is 8. The van der Waals surface area contributed by atoms with E-state index in [4.69, 9.17) is 19.9 Å². The van der Waals surface area contributed by atoms with Crippen LogP contribution >= 0.6 is 0 Å². The van der Waals surface area contributed by atoms with Gasteiger partial charge >= 0.3 is 12.1 Å². The molecule has 1 aliphatic heterocycles. The first-order valence-corrected chi connectivity index (χ1v) is 33.8. The molecule has 22 nitrogen and oxygen atoms in total. The molecule has 0 radical (unpaired) electrons. The highest BCUT2D eigenvalue weighted by atomic mass is 16.6. The number of unbranched alkanes of at least 4 members (excludes halogenated alkanes) is 2. The number of primary amides is 1. The molecule has 522 valence electrons. The second-order valence-corrected chi connectivity index (χ2v) is 26.7. The van der Waals surface area contributed by atoms with Crippen molar-refractivity contribution in [1.82, 2.24) is 30.7 Å². The van der Waals surface area contributed by atoms with E-state index >= 15 is 0 Å². The number of nitrogens with one attached hydrogen (secondary N) is 4. The number of urea groups is 1. The molecule has 2 aromatic rings. The number of nitrogens with zero attached hydrogens (tertiary/aromatic N) is 3. The lowest BCUT2D eigenvalue weighted by atomic mass is 9.83. The summed E-state index contributed by atoms with van der Waals surface area (Å²) in [4.78, 5) is 141. The fraction of sp³-hybridized carbons (Fsp3) is 0.690. The number of carbonyl (C=O) groups excluding carboxylic acids is 10. The van der Waals surface area contributed by atoms with Crippen LogP contribution in [0.15, 0.2) is 54.6 Å². The van der Waals surface area contributed by atoms with E-state index in [2.05, 4.69) is 28.2 Å². The smallest absolute Gasteiger partial charge is 0.410 e. The van der Waals surface area contributed by atoms with Crippen LogP contribution in [-0.2, 0) is 59.2 Å². The molecule has 0 aliphatic carbocycles. The number of rotatable bonds is 43. The van der Waals surface area contributed by atoms with Gasteiger partial charge in [0.15, 0.2) is 11.6 Å². The summed E-state index contributed by atoms with van der Waals surface area (Å²) < 4.78 is 17.9. The summed E-state index contributed by atoms with van der Waals surface area (Å²) in [6.45, 7) is 21.8. The molecule has 0 spiro atoms. The largest absolute Gasteiger partial charge is 0.445 e. The molecule has 22 heteroatoms. The maximum Gasteiger partial charge on any atom is 0.410 e. The number of carbonyl (C=O) groups is 10. The number of aliphatic hydroxyl groups is 1. The quantitative estimate of drug-likeness (QED) is 0.0337. The van der Waals surface area contributed by atoms with Crippen molar-refractivity contribution < 1.29 is 67.3 Å². The molecule has 1 aliphatic rings. The molecule has 2 aromatic carbocycles. The number of likely N-dealkylation sites (tertiary alicyclic amines) is 1. The van der Waals surface area contributed by atoms with Crippen LogP contribution in [0.1, 0.15) is 190 Å². The topological polar surface area (TPSA) is 302 Å². The van der Waals surface area contributed by atoms with Gasteiger partial charge in [-0.05, 0) is 91.4 Å². The van der Waals surface area contributed by atoms with Crippen LogP contribution < -0.4 is 27.0 Å². The average molecular weight is 1300 g/mol. The standard InChI is InChI=1S/C71H114N8O14/c1-16-18-22-36-73-60(83)30-23-31-61(84)76-63(45(5)6)57(81)40-52(28-24-37-74-70(72)89)68(87)75-53-34-32-50(33-35-53)43-93-71(90)78(13)64(46(7)8)58(82)41-54(44(3)4)69(88)77(12)65(47(9)17-2)59(91-14)42-62(85)79-38-25-29-55(79)67(92-15)49(11)56(80)39-48(10)66(86)51-26-20-19-21-27-51/h19-21,26-27,32-35,44-49,52,54-55,59,63-67,86H,16-18,22-25,28-31,36-43H2,1-15H3,(H,73,83)(H,75,87)(H,76,84)(H3,72,74,89)/t47?,48-,49-,52+,54-,55-,59+,63-,64-,65-,66+,67+/m0/s1. The van der Waals surface area contributed by atoms with Gasteiger partial charge in [0, 0.05) is 103 Å². The molecule has 7 N–H and O–H groups in total. The van der Waals surface area contributed by atoms with Gasteiger partial charge in [-0.1, -0.05) is 138 Å². The predicted octanol–water partition coefficient (Wildman–Crippen LogP) is 9.34. The van der Waals surface area contributed by atoms with Crippen molar-refractivity contribution in [3.63, 3.8) is 0 Å². The number of Topliss-reactive ketones (excluding diaryl/α,β-unsaturated/α-hetero) is 3. The van der Waals surface area contributed by atoms with Crippen LogP contribution in [-0.4, -0.2) is 163 Å². The predicted molar refractivity (Wildman–Crippen MR) is 359 cm³/mol. The number of anilines is 1. The van der Waals surface area contributed by atoms with Crippen LogP contribution in [0, 0.1) is 47.3 Å². The van der Waals surface area contributed by atoms with Gasteiger partial charge in [0.05, 0.1) is 48.9 Å². The van der Waals surface area contributed by atoms with Crippen molar-refractivity contribution >= 4 is 64.7 Å². The second-order valence-electron chi connectivity index (χ2n) is 26.7. The fourth-order valence-electron chi connectivity index (χ4n) is 12.7. The molecule has 12 atom stereocenters. The van der Waals surface area contributed by atoms with Crippen LogP contribution in [0.4, 0.5) is 15.3 Å². The number of methoxy groups -OCH3 is 2. The zero-order chi connectivity index (χ0) is 69.6. The lowest BCUT2D eigenvalue weighted by Crippen LogP contribution is -2.54. The zero-order valence-corrected chi connectivity index (χ0v) is 58.5. The van der Waals surface area contributed by atoms with Gasteiger partial charge in [0.25, 0.3) is 0 Å². The fourth-order valence-corrected chi connectivity index (χ4v) is 12.7. The van der Waals surface area contributed by atoms with Crippen LogP contribution in [0.5, 0.6) is 0 Å². The van der Waals surface area contributed by atoms with E-state index in [1.165, 1.54) is 19.1 Å². The molecule has 3 rings (SSSR count). The second kappa shape index (κ2) is 41.1. The number of ether oxygens (including phenoxy) is 3. The van der Waals surface area contributed by atoms with Crippen LogP contribution in [0.3, 0.4) is 0 Å². The molecular formula is C71H114N8O14. The molecular weight excluding hydrogens is 1190 g/mol. The van der Waals surface area contributed by atoms with Crippen molar-refractivity contribution in [3.05, 3.63) is 65.7 Å². The summed E-state index contributed by atoms with van der Waals surface area (Å²) in [6.07, 6.45) is 2.80. The zero-order valence-electron chi connectivity index (χ0n) is 58.5. The van der Waals surface area contributed by atoms with Gasteiger partial charge in [-0.2, -0.15) is 0 Å². The number of likely N-dealkylation sites (N-methyl/N-ethyl adjacent to an activating group) is 2. The Labute approximate surface area is 554 Å². The summed E-state index contributed by atoms with van der Waals surface area (Å²) >= 11 is 0. The highest BCUT2D eigenvalue weighted by Crippen LogP contribution is 2.33. The average Bonchev–Trinajstić information content (AvgIpc) is 1.85. The highest BCUT2D eigenvalue weighted by Gasteiger charge is 2.44. The van der Waals surface area contributed by atoms with E-state index in [9.17, 15) is 53.1 Å². The van der Waals surface area contributed by atoms with Crippen molar-refractivity contribution in [3.8, 4) is 0 Å². The minimum Gasteiger partial charge on any atom is -0.445 e. The van der Waals surface area contributed by atoms with E-state index in [0.29, 0.717) is 56.4 Å². The van der Waals surface area contributed by atoms with Gasteiger partial charge in [-0.15, -0.1) is 0 Å². The Bertz CT molecular complexity index is 2690. The molecule has 1 unspecified atom stereocenters. The minimum absolute atomic E-state index is 0.0499. The minimum atomic E-state index is -0.960. The summed E-state index contributed by atoms with van der Waals surface area (Å²) in [5.41, 5.74) is 6.96. The lowest BCUT2D eigenvalue weighted by molar-refractivity contribution is -0.149. The first-order valence-electron chi connectivity index (χ1n) is 33.8. The van der Waals surface area contributed by atoms with Crippen LogP contribution in [0.25, 0.3) is 0 Å². The first kappa shape index (κ1) is 80.5. The number of benzene rings is 2. The van der Waals surface area contributed by atoms with Gasteiger partial charge in [0.1, 0.15) is 12.4 Å². The van der Waals surface area contributed by atoms with Crippen molar-refractivity contribution in [2.24, 2.45) is 53.1 Å². The summed E-state index contributed by atoms with van der Waals surface area (Å²) in [5, 5.41) is 22.1. The Hall–Kier alpha value is -6.78. The maximum absolute atomic E-state index is 14.9. The van der Waals surface area contributed by atoms with E-state index < -0.39 is 72.2 Å². The summed E-state index contributed by atoms with van der Waals surface area (Å²) in [6, 6.07) is 12.3. The summed E-state index contributed by atoms with van der Waals surface area (Å²) in [5.74, 6) is -5.86. The van der Waals surface area contributed by atoms with Crippen LogP contribution in [0.2, 0.25) is 0 Å². The number of aliphatic hydroxyl groups excluding tert-OH is 1. The number of hydrogen-bond donors (Lipinski definition) is 6. The normalized spacial score (nSPS) is 16.8. The third-order valence-electron chi connectivity index (χ3n) is 18.4. The van der Waals surface area contributed by atoms with E-state index in [1.54, 1.807) is 62.1 Å². The van der Waals surface area contributed by atoms with Gasteiger partial charge in [-0.3, -0.25) is 38.4 Å². The van der Waals surface area contributed by atoms with Crippen molar-refractivity contribution in [2.45, 2.75) is 222 Å². The Morgan fingerprint density at radius 1 is 0.688 bits per heavy atom. The number of hydrogen-bond acceptors (Lipinski definition) is 14. The molecule has 0 aromatic heterocycles.